The number of aryl methyl sites for hydroxylation is 1. The van der Waals surface area contributed by atoms with Gasteiger partial charge in [0.25, 0.3) is 0 Å². The molecule has 0 spiro atoms. The number of nitro groups is 1. The van der Waals surface area contributed by atoms with Crippen LogP contribution in [0, 0.1) is 17.0 Å². The first kappa shape index (κ1) is 9.90. The average Bonchev–Trinajstić information content (AvgIpc) is 2.02. The van der Waals surface area contributed by atoms with Crippen LogP contribution in [0.15, 0.2) is 16.9 Å². The van der Waals surface area contributed by atoms with Crippen molar-refractivity contribution in [3.05, 3.63) is 38.3 Å². The van der Waals surface area contributed by atoms with Crippen molar-refractivity contribution in [1.82, 2.24) is 4.57 Å². The molecule has 0 aliphatic rings. The lowest BCUT2D eigenvalue weighted by molar-refractivity contribution is -0.386. The smallest absolute Gasteiger partial charge is 0.418 e. The summed E-state index contributed by atoms with van der Waals surface area (Å²) in [7, 11) is 0. The van der Waals surface area contributed by atoms with Crippen LogP contribution >= 0.6 is 0 Å². The quantitative estimate of drug-likeness (QED) is 0.525. The molecule has 0 aliphatic carbocycles. The third-order valence-corrected chi connectivity index (χ3v) is 1.65. The molecule has 0 bridgehead atoms. The van der Waals surface area contributed by atoms with E-state index in [0.29, 0.717) is 4.57 Å². The van der Waals surface area contributed by atoms with Crippen molar-refractivity contribution in [2.24, 2.45) is 0 Å². The van der Waals surface area contributed by atoms with Crippen LogP contribution in [0.4, 0.5) is 10.5 Å². The number of nitrogens with zero attached hydrogens (tertiary/aromatic N) is 2. The van der Waals surface area contributed by atoms with Crippen LogP contribution in [0.2, 0.25) is 0 Å². The van der Waals surface area contributed by atoms with E-state index < -0.39 is 22.3 Å². The molecule has 74 valence electrons. The molecule has 1 rings (SSSR count). The van der Waals surface area contributed by atoms with Gasteiger partial charge in [-0.3, -0.25) is 14.9 Å². The molecule has 0 radical (unpaired) electrons. The molecule has 0 aliphatic heterocycles. The summed E-state index contributed by atoms with van der Waals surface area (Å²) in [5.74, 6) is 0. The van der Waals surface area contributed by atoms with Gasteiger partial charge in [0.2, 0.25) is 0 Å². The molecule has 1 aromatic rings. The van der Waals surface area contributed by atoms with Gasteiger partial charge in [0, 0.05) is 11.8 Å². The number of carboxylic acid groups (broad SMARTS) is 1. The topological polar surface area (TPSA) is 102 Å². The molecule has 0 aromatic carbocycles. The van der Waals surface area contributed by atoms with Crippen molar-refractivity contribution in [1.29, 1.82) is 0 Å². The van der Waals surface area contributed by atoms with Crippen LogP contribution in [0.3, 0.4) is 0 Å². The second-order valence-electron chi connectivity index (χ2n) is 2.54. The Bertz CT molecular complexity index is 462. The third kappa shape index (κ3) is 1.47. The molecule has 0 fully saturated rings. The van der Waals surface area contributed by atoms with Gasteiger partial charge in [-0.15, -0.1) is 0 Å². The summed E-state index contributed by atoms with van der Waals surface area (Å²) in [6.45, 7) is 1.37. The van der Waals surface area contributed by atoms with Gasteiger partial charge in [0.15, 0.2) is 0 Å². The largest absolute Gasteiger partial charge is 0.464 e. The van der Waals surface area contributed by atoms with Crippen molar-refractivity contribution in [3.8, 4) is 0 Å². The van der Waals surface area contributed by atoms with Crippen LogP contribution in [0.25, 0.3) is 0 Å². The molecule has 0 saturated heterocycles. The van der Waals surface area contributed by atoms with Gasteiger partial charge in [-0.25, -0.2) is 9.36 Å². The van der Waals surface area contributed by atoms with Gasteiger partial charge in [0.1, 0.15) is 0 Å². The third-order valence-electron chi connectivity index (χ3n) is 1.65. The van der Waals surface area contributed by atoms with Gasteiger partial charge < -0.3 is 5.11 Å². The van der Waals surface area contributed by atoms with Crippen molar-refractivity contribution >= 4 is 11.8 Å². The summed E-state index contributed by atoms with van der Waals surface area (Å²) in [5, 5.41) is 18.9. The zero-order valence-electron chi connectivity index (χ0n) is 7.13. The second kappa shape index (κ2) is 3.29. The Morgan fingerprint density at radius 1 is 1.57 bits per heavy atom. The Morgan fingerprint density at radius 2 is 2.14 bits per heavy atom. The summed E-state index contributed by atoms with van der Waals surface area (Å²) >= 11 is 0. The monoisotopic (exact) mass is 198 g/mol. The van der Waals surface area contributed by atoms with E-state index in [0.717, 1.165) is 6.07 Å². The van der Waals surface area contributed by atoms with E-state index in [1.165, 1.54) is 13.0 Å². The highest BCUT2D eigenvalue weighted by Crippen LogP contribution is 2.05. The van der Waals surface area contributed by atoms with E-state index >= 15 is 0 Å². The van der Waals surface area contributed by atoms with E-state index in [2.05, 4.69) is 0 Å². The number of carbonyl (C=O) groups is 1. The first-order chi connectivity index (χ1) is 6.45. The molecule has 7 nitrogen and oxygen atoms in total. The van der Waals surface area contributed by atoms with E-state index in [9.17, 15) is 19.7 Å². The van der Waals surface area contributed by atoms with Crippen LogP contribution in [0.5, 0.6) is 0 Å². The molecular formula is C7H6N2O5. The average molecular weight is 198 g/mol. The molecule has 1 heterocycles. The van der Waals surface area contributed by atoms with Crippen LogP contribution in [-0.2, 0) is 0 Å². The Balaban J connectivity index is 3.58. The summed E-state index contributed by atoms with van der Waals surface area (Å²) in [5.41, 5.74) is -1.76. The highest BCUT2D eigenvalue weighted by atomic mass is 16.6. The molecular weight excluding hydrogens is 192 g/mol. The van der Waals surface area contributed by atoms with Gasteiger partial charge in [0.05, 0.1) is 4.92 Å². The van der Waals surface area contributed by atoms with Gasteiger partial charge in [-0.05, 0) is 13.0 Å². The standard InChI is InChI=1S/C7H6N2O5/c1-4-2-3-5(9(13)14)6(10)8(4)7(11)12/h2-3H,1H3,(H,11,12). The van der Waals surface area contributed by atoms with E-state index in [4.69, 9.17) is 5.11 Å². The molecule has 0 saturated carbocycles. The van der Waals surface area contributed by atoms with Crippen molar-refractivity contribution in [2.75, 3.05) is 0 Å². The van der Waals surface area contributed by atoms with Gasteiger partial charge in [-0.1, -0.05) is 0 Å². The molecule has 0 atom stereocenters. The Morgan fingerprint density at radius 3 is 2.57 bits per heavy atom. The lowest BCUT2D eigenvalue weighted by Crippen LogP contribution is -2.29. The zero-order valence-corrected chi connectivity index (χ0v) is 7.13. The lowest BCUT2D eigenvalue weighted by atomic mass is 10.3. The molecule has 14 heavy (non-hydrogen) atoms. The fourth-order valence-corrected chi connectivity index (χ4v) is 0.997. The summed E-state index contributed by atoms with van der Waals surface area (Å²) < 4.78 is 0.331. The van der Waals surface area contributed by atoms with Crippen LogP contribution in [-0.4, -0.2) is 20.7 Å². The summed E-state index contributed by atoms with van der Waals surface area (Å²) in [6, 6.07) is 2.19. The summed E-state index contributed by atoms with van der Waals surface area (Å²) in [4.78, 5) is 31.2. The number of pyridine rings is 1. The van der Waals surface area contributed by atoms with E-state index in [1.54, 1.807) is 0 Å². The maximum atomic E-state index is 11.2. The maximum absolute atomic E-state index is 11.2. The van der Waals surface area contributed by atoms with Crippen molar-refractivity contribution < 1.29 is 14.8 Å². The minimum absolute atomic E-state index is 0.133. The molecule has 0 amide bonds. The predicted octanol–water partition coefficient (Wildman–Crippen LogP) is 0.591. The Hall–Kier alpha value is -2.18. The number of hydrogen-bond donors (Lipinski definition) is 1. The predicted molar refractivity (Wildman–Crippen MR) is 45.5 cm³/mol. The fourth-order valence-electron chi connectivity index (χ4n) is 0.997. The van der Waals surface area contributed by atoms with Crippen LogP contribution < -0.4 is 5.56 Å². The van der Waals surface area contributed by atoms with Gasteiger partial charge in [-0.2, -0.15) is 0 Å². The summed E-state index contributed by atoms with van der Waals surface area (Å²) in [6.07, 6.45) is -1.53. The highest BCUT2D eigenvalue weighted by Gasteiger charge is 2.18. The number of rotatable bonds is 1. The first-order valence-corrected chi connectivity index (χ1v) is 3.55. The van der Waals surface area contributed by atoms with Crippen molar-refractivity contribution in [2.45, 2.75) is 6.92 Å². The SMILES string of the molecule is Cc1ccc([N+](=O)[O-])c(=O)n1C(=O)O. The maximum Gasteiger partial charge on any atom is 0.418 e. The molecule has 1 N–H and O–H groups in total. The number of aromatic nitrogens is 1. The first-order valence-electron chi connectivity index (χ1n) is 3.55. The second-order valence-corrected chi connectivity index (χ2v) is 2.54. The molecule has 7 heteroatoms. The zero-order chi connectivity index (χ0) is 10.9. The van der Waals surface area contributed by atoms with Crippen molar-refractivity contribution in [3.63, 3.8) is 0 Å². The Kier molecular flexibility index (Phi) is 2.32. The Labute approximate surface area is 77.4 Å². The lowest BCUT2D eigenvalue weighted by Gasteiger charge is -2.01. The molecule has 1 aromatic heterocycles. The van der Waals surface area contributed by atoms with Gasteiger partial charge >= 0.3 is 17.3 Å². The fraction of sp³-hybridized carbons (Fsp3) is 0.143. The normalized spacial score (nSPS) is 9.79. The van der Waals surface area contributed by atoms with Crippen LogP contribution in [0.1, 0.15) is 5.69 Å². The number of hydrogen-bond acceptors (Lipinski definition) is 4. The molecule has 0 unspecified atom stereocenters. The van der Waals surface area contributed by atoms with E-state index in [1.807, 2.05) is 0 Å². The minimum atomic E-state index is -1.53. The minimum Gasteiger partial charge on any atom is -0.464 e. The highest BCUT2D eigenvalue weighted by molar-refractivity contribution is 5.69. The van der Waals surface area contributed by atoms with E-state index in [-0.39, 0.29) is 5.69 Å².